The number of methoxy groups -OCH3 is 1. The molecule has 0 amide bonds. The Balaban J connectivity index is 2.41. The summed E-state index contributed by atoms with van der Waals surface area (Å²) in [6.07, 6.45) is 1.92. The molecule has 92 valence electrons. The molecule has 2 aromatic rings. The minimum Gasteiger partial charge on any atom is -0.497 e. The molecule has 0 fully saturated rings. The highest BCUT2D eigenvalue weighted by Crippen LogP contribution is 2.27. The van der Waals surface area contributed by atoms with E-state index in [1.807, 2.05) is 24.4 Å². The lowest BCUT2D eigenvalue weighted by Gasteiger charge is -2.12. The summed E-state index contributed by atoms with van der Waals surface area (Å²) in [6, 6.07) is 5.79. The van der Waals surface area contributed by atoms with Gasteiger partial charge in [-0.1, -0.05) is 0 Å². The Hall–Kier alpha value is -0.940. The summed E-state index contributed by atoms with van der Waals surface area (Å²) in [6.45, 7) is 0.532. The molecule has 0 aliphatic rings. The van der Waals surface area contributed by atoms with Crippen molar-refractivity contribution < 1.29 is 4.74 Å². The molecule has 0 spiro atoms. The summed E-state index contributed by atoms with van der Waals surface area (Å²) >= 11 is 11.2. The second kappa shape index (κ2) is 5.60. The first-order valence-electron chi connectivity index (χ1n) is 5.14. The normalized spacial score (nSPS) is 12.9. The number of halogens is 2. The van der Waals surface area contributed by atoms with Gasteiger partial charge >= 0.3 is 0 Å². The molecule has 17 heavy (non-hydrogen) atoms. The molecule has 1 aromatic heterocycles. The topological polar surface area (TPSA) is 49.1 Å². The van der Waals surface area contributed by atoms with E-state index in [-0.39, 0.29) is 6.04 Å². The zero-order valence-corrected chi connectivity index (χ0v) is 10.8. The highest BCUT2D eigenvalue weighted by molar-refractivity contribution is 6.14. The Morgan fingerprint density at radius 2 is 2.24 bits per heavy atom. The van der Waals surface area contributed by atoms with Gasteiger partial charge in [-0.05, 0) is 41.2 Å². The van der Waals surface area contributed by atoms with Crippen molar-refractivity contribution in [3.8, 4) is 5.75 Å². The van der Waals surface area contributed by atoms with Gasteiger partial charge in [-0.3, -0.25) is 0 Å². The quantitative estimate of drug-likeness (QED) is 0.735. The minimum atomic E-state index is -0.0590. The van der Waals surface area contributed by atoms with E-state index in [0.29, 0.717) is 6.54 Å². The number of nitrogens with one attached hydrogen (secondary N) is 3. The maximum atomic E-state index is 5.71. The molecule has 0 saturated heterocycles. The van der Waals surface area contributed by atoms with Gasteiger partial charge in [-0.2, -0.15) is 0 Å². The lowest BCUT2D eigenvalue weighted by molar-refractivity contribution is 0.415. The van der Waals surface area contributed by atoms with Crippen molar-refractivity contribution in [3.05, 3.63) is 30.0 Å². The zero-order valence-electron chi connectivity index (χ0n) is 9.26. The fourth-order valence-corrected chi connectivity index (χ4v) is 2.18. The molecule has 2 rings (SSSR count). The minimum absolute atomic E-state index is 0.0590. The Kier molecular flexibility index (Phi) is 4.12. The highest BCUT2D eigenvalue weighted by Gasteiger charge is 2.14. The average molecular weight is 274 g/mol. The van der Waals surface area contributed by atoms with Gasteiger partial charge in [0, 0.05) is 29.7 Å². The third kappa shape index (κ3) is 2.50. The average Bonchev–Trinajstić information content (AvgIpc) is 2.78. The van der Waals surface area contributed by atoms with Gasteiger partial charge in [0.25, 0.3) is 0 Å². The van der Waals surface area contributed by atoms with Crippen molar-refractivity contribution in [2.75, 3.05) is 13.7 Å². The van der Waals surface area contributed by atoms with Crippen LogP contribution in [0.5, 0.6) is 5.75 Å². The van der Waals surface area contributed by atoms with E-state index in [1.54, 1.807) is 7.11 Å². The Morgan fingerprint density at radius 1 is 1.41 bits per heavy atom. The Bertz CT molecular complexity index is 500. The van der Waals surface area contributed by atoms with Crippen LogP contribution in [0.15, 0.2) is 24.4 Å². The predicted octanol–water partition coefficient (Wildman–Crippen LogP) is 2.70. The largest absolute Gasteiger partial charge is 0.497 e. The number of hydrogen-bond donors (Lipinski definition) is 3. The van der Waals surface area contributed by atoms with Crippen LogP contribution in [0.2, 0.25) is 0 Å². The molecule has 3 N–H and O–H groups in total. The molecular weight excluding hydrogens is 261 g/mol. The first kappa shape index (κ1) is 12.5. The first-order chi connectivity index (χ1) is 8.30. The van der Waals surface area contributed by atoms with Crippen LogP contribution in [0.25, 0.3) is 10.9 Å². The van der Waals surface area contributed by atoms with Crippen LogP contribution in [-0.2, 0) is 0 Å². The molecule has 1 aromatic carbocycles. The van der Waals surface area contributed by atoms with Gasteiger partial charge in [0.15, 0.2) is 0 Å². The van der Waals surface area contributed by atoms with Crippen LogP contribution in [0, 0.1) is 0 Å². The third-order valence-corrected chi connectivity index (χ3v) is 3.13. The maximum absolute atomic E-state index is 5.71. The van der Waals surface area contributed by atoms with Crippen molar-refractivity contribution in [1.29, 1.82) is 0 Å². The number of fused-ring (bicyclic) bond motifs is 1. The van der Waals surface area contributed by atoms with Gasteiger partial charge in [-0.25, -0.2) is 9.67 Å². The van der Waals surface area contributed by atoms with Crippen molar-refractivity contribution in [2.24, 2.45) is 0 Å². The molecule has 4 nitrogen and oxygen atoms in total. The van der Waals surface area contributed by atoms with E-state index in [2.05, 4.69) is 14.7 Å². The molecule has 1 unspecified atom stereocenters. The van der Waals surface area contributed by atoms with Gasteiger partial charge in [-0.15, -0.1) is 0 Å². The van der Waals surface area contributed by atoms with E-state index in [4.69, 9.17) is 28.3 Å². The molecule has 1 atom stereocenters. The number of ether oxygens (including phenoxy) is 1. The van der Waals surface area contributed by atoms with Crippen molar-refractivity contribution in [3.63, 3.8) is 0 Å². The molecule has 0 aliphatic carbocycles. The second-order valence-electron chi connectivity index (χ2n) is 3.65. The van der Waals surface area contributed by atoms with Crippen LogP contribution < -0.4 is 14.4 Å². The number of hydrogen-bond acceptors (Lipinski definition) is 3. The summed E-state index contributed by atoms with van der Waals surface area (Å²) in [7, 11) is 1.64. The molecule has 6 heteroatoms. The van der Waals surface area contributed by atoms with Gasteiger partial charge < -0.3 is 9.72 Å². The first-order valence-corrected chi connectivity index (χ1v) is 5.90. The summed E-state index contributed by atoms with van der Waals surface area (Å²) < 4.78 is 5.17. The number of benzene rings is 1. The smallest absolute Gasteiger partial charge is 0.120 e. The number of aromatic amines is 1. The second-order valence-corrected chi connectivity index (χ2v) is 4.14. The molecular formula is C11H13Cl2N3O. The maximum Gasteiger partial charge on any atom is 0.120 e. The SMILES string of the molecule is COc1ccc2c(C(CNCl)NCl)c[nH]c2c1. The van der Waals surface area contributed by atoms with Crippen molar-refractivity contribution >= 4 is 34.5 Å². The van der Waals surface area contributed by atoms with E-state index in [1.165, 1.54) is 0 Å². The van der Waals surface area contributed by atoms with Crippen LogP contribution >= 0.6 is 23.6 Å². The number of rotatable bonds is 5. The zero-order chi connectivity index (χ0) is 12.3. The Labute approximate surface area is 109 Å². The van der Waals surface area contributed by atoms with Crippen LogP contribution in [0.1, 0.15) is 11.6 Å². The Morgan fingerprint density at radius 3 is 2.88 bits per heavy atom. The summed E-state index contributed by atoms with van der Waals surface area (Å²) in [4.78, 5) is 8.47. The molecule has 0 saturated carbocycles. The van der Waals surface area contributed by atoms with Crippen molar-refractivity contribution in [2.45, 2.75) is 6.04 Å². The van der Waals surface area contributed by atoms with E-state index < -0.39 is 0 Å². The fraction of sp³-hybridized carbons (Fsp3) is 0.273. The summed E-state index contributed by atoms with van der Waals surface area (Å²) in [5.41, 5.74) is 2.07. The van der Waals surface area contributed by atoms with E-state index in [0.717, 1.165) is 22.2 Å². The fourth-order valence-electron chi connectivity index (χ4n) is 1.83. The van der Waals surface area contributed by atoms with Crippen molar-refractivity contribution in [1.82, 2.24) is 14.7 Å². The summed E-state index contributed by atoms with van der Waals surface area (Å²) in [5.74, 6) is 0.816. The predicted molar refractivity (Wildman–Crippen MR) is 70.4 cm³/mol. The molecule has 0 aliphatic heterocycles. The van der Waals surface area contributed by atoms with Crippen LogP contribution in [-0.4, -0.2) is 18.6 Å². The number of aromatic nitrogens is 1. The monoisotopic (exact) mass is 273 g/mol. The van der Waals surface area contributed by atoms with Gasteiger partial charge in [0.2, 0.25) is 0 Å². The standard InChI is InChI=1S/C11H13Cl2N3O/c1-17-7-2-3-8-9(5-14-10(8)4-7)11(16-13)6-15-12/h2-5,11,14-16H,6H2,1H3. The highest BCUT2D eigenvalue weighted by atomic mass is 35.5. The molecule has 1 heterocycles. The van der Waals surface area contributed by atoms with E-state index >= 15 is 0 Å². The van der Waals surface area contributed by atoms with Crippen LogP contribution in [0.3, 0.4) is 0 Å². The van der Waals surface area contributed by atoms with E-state index in [9.17, 15) is 0 Å². The molecule has 0 radical (unpaired) electrons. The van der Waals surface area contributed by atoms with Gasteiger partial charge in [0.05, 0.1) is 13.2 Å². The molecule has 0 bridgehead atoms. The lowest BCUT2D eigenvalue weighted by Crippen LogP contribution is -2.21. The van der Waals surface area contributed by atoms with Crippen LogP contribution in [0.4, 0.5) is 0 Å². The third-order valence-electron chi connectivity index (χ3n) is 2.71. The van der Waals surface area contributed by atoms with Gasteiger partial charge in [0.1, 0.15) is 5.75 Å². The summed E-state index contributed by atoms with van der Waals surface area (Å²) in [5, 5.41) is 1.09. The lowest BCUT2D eigenvalue weighted by atomic mass is 10.1. The number of H-pyrrole nitrogens is 1.